The van der Waals surface area contributed by atoms with Crippen LogP contribution in [0.3, 0.4) is 0 Å². The monoisotopic (exact) mass is 636 g/mol. The molecule has 6 atom stereocenters. The van der Waals surface area contributed by atoms with Crippen molar-refractivity contribution in [2.24, 2.45) is 41.4 Å². The van der Waals surface area contributed by atoms with Crippen molar-refractivity contribution >= 4 is 17.7 Å². The third-order valence-electron chi connectivity index (χ3n) is 9.99. The van der Waals surface area contributed by atoms with E-state index in [1.54, 1.807) is 0 Å². The van der Waals surface area contributed by atoms with Crippen LogP contribution in [0.4, 0.5) is 0 Å². The lowest BCUT2D eigenvalue weighted by Gasteiger charge is -2.23. The van der Waals surface area contributed by atoms with Gasteiger partial charge in [-0.15, -0.1) is 0 Å². The molecule has 0 aliphatic heterocycles. The fourth-order valence-corrected chi connectivity index (χ4v) is 6.75. The first kappa shape index (κ1) is 43.4. The van der Waals surface area contributed by atoms with Crippen molar-refractivity contribution in [2.75, 3.05) is 19.6 Å². The molecular weight excluding hydrogens is 558 g/mol. The molecule has 0 rings (SSSR count). The summed E-state index contributed by atoms with van der Waals surface area (Å²) in [6, 6.07) is 0. The summed E-state index contributed by atoms with van der Waals surface area (Å²) in [6.07, 6.45) is 18.0. The highest BCUT2D eigenvalue weighted by atomic mass is 16.2. The molecule has 0 aliphatic carbocycles. The molecule has 0 aromatic carbocycles. The first-order valence-corrected chi connectivity index (χ1v) is 19.3. The van der Waals surface area contributed by atoms with Crippen LogP contribution < -0.4 is 16.0 Å². The lowest BCUT2D eigenvalue weighted by molar-refractivity contribution is -0.133. The molecule has 266 valence electrons. The Balaban J connectivity index is 5.19. The number of rotatable bonds is 29. The molecule has 3 amide bonds. The van der Waals surface area contributed by atoms with E-state index in [2.05, 4.69) is 78.3 Å². The summed E-state index contributed by atoms with van der Waals surface area (Å²) >= 11 is 0. The van der Waals surface area contributed by atoms with Gasteiger partial charge in [-0.25, -0.2) is 0 Å². The topological polar surface area (TPSA) is 87.3 Å². The van der Waals surface area contributed by atoms with Gasteiger partial charge in [-0.2, -0.15) is 0 Å². The summed E-state index contributed by atoms with van der Waals surface area (Å²) < 4.78 is 0. The predicted octanol–water partition coefficient (Wildman–Crippen LogP) is 9.46. The third kappa shape index (κ3) is 22.6. The Labute approximate surface area is 280 Å². The maximum atomic E-state index is 13.4. The van der Waals surface area contributed by atoms with Crippen molar-refractivity contribution in [3.63, 3.8) is 0 Å². The Bertz CT molecular complexity index is 716. The molecule has 0 saturated heterocycles. The number of carbonyl (C=O) groups excluding carboxylic acids is 3. The molecule has 0 bridgehead atoms. The fraction of sp³-hybridized carbons (Fsp3) is 0.923. The van der Waals surface area contributed by atoms with E-state index in [1.165, 1.54) is 70.6 Å². The Morgan fingerprint density at radius 2 is 0.800 bits per heavy atom. The van der Waals surface area contributed by atoms with Crippen molar-refractivity contribution < 1.29 is 14.4 Å². The van der Waals surface area contributed by atoms with E-state index >= 15 is 0 Å². The van der Waals surface area contributed by atoms with Gasteiger partial charge in [0.1, 0.15) is 0 Å². The van der Waals surface area contributed by atoms with Gasteiger partial charge in [-0.05, 0) is 54.8 Å². The SMILES string of the molecule is CCCCC(CC)CC(C)CNC(=O)CC(CC(=O)NCC(C)CC(CC)CCCC)C(=O)NCC(C)CC(CC)CCCC. The maximum absolute atomic E-state index is 13.4. The van der Waals surface area contributed by atoms with Gasteiger partial charge < -0.3 is 16.0 Å². The van der Waals surface area contributed by atoms with Crippen LogP contribution in [0.1, 0.15) is 171 Å². The summed E-state index contributed by atoms with van der Waals surface area (Å²) in [5, 5.41) is 9.29. The van der Waals surface area contributed by atoms with Crippen molar-refractivity contribution in [3.8, 4) is 0 Å². The first-order chi connectivity index (χ1) is 21.5. The second-order valence-electron chi connectivity index (χ2n) is 14.7. The highest BCUT2D eigenvalue weighted by Gasteiger charge is 2.26. The molecule has 0 aromatic rings. The zero-order valence-corrected chi connectivity index (χ0v) is 31.4. The van der Waals surface area contributed by atoms with Crippen molar-refractivity contribution in [3.05, 3.63) is 0 Å². The van der Waals surface area contributed by atoms with Crippen LogP contribution in [-0.2, 0) is 14.4 Å². The van der Waals surface area contributed by atoms with E-state index < -0.39 is 5.92 Å². The molecule has 0 radical (unpaired) electrons. The van der Waals surface area contributed by atoms with Crippen molar-refractivity contribution in [1.82, 2.24) is 16.0 Å². The zero-order valence-electron chi connectivity index (χ0n) is 31.4. The average molecular weight is 636 g/mol. The molecule has 45 heavy (non-hydrogen) atoms. The van der Waals surface area contributed by atoms with Crippen molar-refractivity contribution in [2.45, 2.75) is 171 Å². The first-order valence-electron chi connectivity index (χ1n) is 19.3. The Kier molecular flexibility index (Phi) is 26.5. The minimum absolute atomic E-state index is 0.0476. The molecule has 0 aliphatic rings. The van der Waals surface area contributed by atoms with Crippen LogP contribution >= 0.6 is 0 Å². The van der Waals surface area contributed by atoms with E-state index in [4.69, 9.17) is 0 Å². The summed E-state index contributed by atoms with van der Waals surface area (Å²) in [7, 11) is 0. The average Bonchev–Trinajstić information content (AvgIpc) is 3.03. The summed E-state index contributed by atoms with van der Waals surface area (Å²) in [4.78, 5) is 39.6. The van der Waals surface area contributed by atoms with Crippen molar-refractivity contribution in [1.29, 1.82) is 0 Å². The number of nitrogens with one attached hydrogen (secondary N) is 3. The van der Waals surface area contributed by atoms with E-state index in [0.717, 1.165) is 25.7 Å². The molecule has 6 unspecified atom stereocenters. The Hall–Kier alpha value is -1.59. The van der Waals surface area contributed by atoms with Crippen LogP contribution in [-0.4, -0.2) is 37.4 Å². The molecule has 0 spiro atoms. The van der Waals surface area contributed by atoms with Gasteiger partial charge in [0.2, 0.25) is 17.7 Å². The van der Waals surface area contributed by atoms with E-state index in [-0.39, 0.29) is 30.6 Å². The molecule has 6 nitrogen and oxygen atoms in total. The largest absolute Gasteiger partial charge is 0.356 e. The minimum atomic E-state index is -0.661. The van der Waals surface area contributed by atoms with E-state index in [1.807, 2.05) is 0 Å². The molecule has 0 saturated carbocycles. The van der Waals surface area contributed by atoms with Gasteiger partial charge >= 0.3 is 0 Å². The van der Waals surface area contributed by atoms with E-state index in [0.29, 0.717) is 55.1 Å². The summed E-state index contributed by atoms with van der Waals surface area (Å²) in [5.41, 5.74) is 0. The molecule has 0 aromatic heterocycles. The van der Waals surface area contributed by atoms with Crippen LogP contribution in [0.25, 0.3) is 0 Å². The summed E-state index contributed by atoms with van der Waals surface area (Å²) in [6.45, 7) is 21.9. The predicted molar refractivity (Wildman–Crippen MR) is 193 cm³/mol. The second-order valence-corrected chi connectivity index (χ2v) is 14.7. The molecule has 0 heterocycles. The second kappa shape index (κ2) is 27.5. The highest BCUT2D eigenvalue weighted by molar-refractivity contribution is 5.90. The van der Waals surface area contributed by atoms with Crippen LogP contribution in [0.5, 0.6) is 0 Å². The Morgan fingerprint density at radius 3 is 1.09 bits per heavy atom. The maximum Gasteiger partial charge on any atom is 0.224 e. The van der Waals surface area contributed by atoms with Gasteiger partial charge in [0, 0.05) is 32.5 Å². The number of carbonyl (C=O) groups is 3. The quantitative estimate of drug-likeness (QED) is 0.0765. The van der Waals surface area contributed by atoms with Gasteiger partial charge in [0.15, 0.2) is 0 Å². The lowest BCUT2D eigenvalue weighted by Crippen LogP contribution is -2.40. The smallest absolute Gasteiger partial charge is 0.224 e. The number of unbranched alkanes of at least 4 members (excludes halogenated alkanes) is 3. The minimum Gasteiger partial charge on any atom is -0.356 e. The number of hydrogen-bond donors (Lipinski definition) is 3. The van der Waals surface area contributed by atoms with Gasteiger partial charge in [0.05, 0.1) is 5.92 Å². The Morgan fingerprint density at radius 1 is 0.489 bits per heavy atom. The van der Waals surface area contributed by atoms with Gasteiger partial charge in [-0.3, -0.25) is 14.4 Å². The fourth-order valence-electron chi connectivity index (χ4n) is 6.75. The zero-order chi connectivity index (χ0) is 34.0. The van der Waals surface area contributed by atoms with E-state index in [9.17, 15) is 14.4 Å². The molecular formula is C39H77N3O3. The normalized spacial score (nSPS) is 16.2. The third-order valence-corrected chi connectivity index (χ3v) is 9.99. The van der Waals surface area contributed by atoms with Crippen LogP contribution in [0, 0.1) is 41.4 Å². The van der Waals surface area contributed by atoms with Crippen LogP contribution in [0.15, 0.2) is 0 Å². The highest BCUT2D eigenvalue weighted by Crippen LogP contribution is 2.23. The number of hydrogen-bond acceptors (Lipinski definition) is 3. The molecule has 3 N–H and O–H groups in total. The number of amides is 3. The summed E-state index contributed by atoms with van der Waals surface area (Å²) in [5.74, 6) is 2.09. The molecule has 0 fully saturated rings. The van der Waals surface area contributed by atoms with Gasteiger partial charge in [0.25, 0.3) is 0 Å². The van der Waals surface area contributed by atoms with Gasteiger partial charge in [-0.1, -0.05) is 139 Å². The standard InChI is InChI=1S/C39H77N3O3/c1-10-16-19-33(13-4)22-30(7)27-40-37(43)25-36(39(45)42-29-32(9)24-35(15-6)21-18-12-3)26-38(44)41-28-31(8)23-34(14-5)20-17-11-2/h30-36H,10-29H2,1-9H3,(H,40,43)(H,41,44)(H,42,45). The van der Waals surface area contributed by atoms with Crippen LogP contribution in [0.2, 0.25) is 0 Å². The lowest BCUT2D eigenvalue weighted by atomic mass is 9.89. The molecule has 6 heteroatoms.